The molecule has 45 heavy (non-hydrogen) atoms. The number of amides is 3. The number of methoxy groups -OCH3 is 1. The molecule has 1 aromatic carbocycles. The van der Waals surface area contributed by atoms with Crippen LogP contribution in [0.25, 0.3) is 0 Å². The van der Waals surface area contributed by atoms with E-state index in [-0.39, 0.29) is 48.3 Å². The zero-order chi connectivity index (χ0) is 33.4. The Balaban J connectivity index is 2.10. The minimum atomic E-state index is -0.814. The van der Waals surface area contributed by atoms with Crippen LogP contribution in [0, 0.1) is 17.8 Å². The number of hydrogen-bond donors (Lipinski definition) is 3. The highest BCUT2D eigenvalue weighted by molar-refractivity contribution is 5.89. The number of hydroxylamine groups is 1. The molecule has 0 aliphatic carbocycles. The molecule has 1 aromatic rings. The molecule has 3 amide bonds. The second-order valence-corrected chi connectivity index (χ2v) is 12.2. The van der Waals surface area contributed by atoms with Gasteiger partial charge >= 0.3 is 5.97 Å². The van der Waals surface area contributed by atoms with E-state index in [0.717, 1.165) is 24.8 Å². The molecule has 1 heterocycles. The molecule has 11 nitrogen and oxygen atoms in total. The summed E-state index contributed by atoms with van der Waals surface area (Å²) in [7, 11) is 3.16. The van der Waals surface area contributed by atoms with Crippen LogP contribution in [0.3, 0.4) is 0 Å². The predicted octanol–water partition coefficient (Wildman–Crippen LogP) is 3.41. The van der Waals surface area contributed by atoms with Crippen LogP contribution in [0.4, 0.5) is 0 Å². The van der Waals surface area contributed by atoms with E-state index in [9.17, 15) is 19.2 Å². The number of esters is 1. The third kappa shape index (κ3) is 12.0. The van der Waals surface area contributed by atoms with Crippen molar-refractivity contribution in [3.63, 3.8) is 0 Å². The summed E-state index contributed by atoms with van der Waals surface area (Å²) in [6, 6.07) is 8.47. The molecule has 0 radical (unpaired) electrons. The van der Waals surface area contributed by atoms with Gasteiger partial charge in [0.15, 0.2) is 0 Å². The maximum atomic E-state index is 13.7. The van der Waals surface area contributed by atoms with E-state index in [2.05, 4.69) is 36.9 Å². The van der Waals surface area contributed by atoms with Gasteiger partial charge < -0.3 is 29.8 Å². The van der Waals surface area contributed by atoms with Gasteiger partial charge in [-0.3, -0.25) is 19.2 Å². The predicted molar refractivity (Wildman–Crippen MR) is 173 cm³/mol. The Morgan fingerprint density at radius 2 is 1.71 bits per heavy atom. The summed E-state index contributed by atoms with van der Waals surface area (Å²) in [5.41, 5.74) is 3.99. The highest BCUT2D eigenvalue weighted by Crippen LogP contribution is 2.29. The number of carbonyl (C=O) groups excluding carboxylic acids is 4. The van der Waals surface area contributed by atoms with E-state index in [4.69, 9.17) is 14.3 Å². The number of nitrogens with one attached hydrogen (secondary N) is 3. The minimum absolute atomic E-state index is 0.0342. The number of nitrogens with zero attached hydrogens (tertiary/aromatic N) is 1. The average molecular weight is 633 g/mol. The van der Waals surface area contributed by atoms with Gasteiger partial charge in [-0.25, -0.2) is 0 Å². The van der Waals surface area contributed by atoms with Crippen molar-refractivity contribution in [2.45, 2.75) is 104 Å². The quantitative estimate of drug-likeness (QED) is 0.113. The van der Waals surface area contributed by atoms with Crippen LogP contribution in [0.2, 0.25) is 0 Å². The fraction of sp³-hybridized carbons (Fsp3) is 0.706. The molecule has 1 saturated heterocycles. The minimum Gasteiger partial charge on any atom is -0.466 e. The lowest BCUT2D eigenvalue weighted by molar-refractivity contribution is -0.143. The SMILES string of the molecule is CCC(=O)OCCCNC(=O)[C@H](Cc1ccccc1)NC(=O)[C@H](C)[C@@H](OC)[C@@H]1CCCN1C(=O)C[C@@H](C)[C@@H](NOC)[C@@H](C)CC. The van der Waals surface area contributed by atoms with Crippen molar-refractivity contribution >= 4 is 23.7 Å². The van der Waals surface area contributed by atoms with Gasteiger partial charge in [0, 0.05) is 45.5 Å². The Morgan fingerprint density at radius 3 is 2.33 bits per heavy atom. The topological polar surface area (TPSA) is 135 Å². The monoisotopic (exact) mass is 632 g/mol. The summed E-state index contributed by atoms with van der Waals surface area (Å²) in [6.45, 7) is 11.0. The van der Waals surface area contributed by atoms with E-state index in [1.165, 1.54) is 0 Å². The highest BCUT2D eigenvalue weighted by atomic mass is 16.6. The van der Waals surface area contributed by atoms with Crippen molar-refractivity contribution in [2.75, 3.05) is 33.9 Å². The summed E-state index contributed by atoms with van der Waals surface area (Å²) in [6.07, 6.45) is 3.42. The van der Waals surface area contributed by atoms with Gasteiger partial charge in [0.05, 0.1) is 31.8 Å². The Hall–Kier alpha value is -3.02. The Morgan fingerprint density at radius 1 is 1.00 bits per heavy atom. The van der Waals surface area contributed by atoms with Crippen molar-refractivity contribution in [3.8, 4) is 0 Å². The molecule has 0 saturated carbocycles. The van der Waals surface area contributed by atoms with Crippen LogP contribution in [-0.2, 0) is 39.9 Å². The van der Waals surface area contributed by atoms with Crippen molar-refractivity contribution in [1.29, 1.82) is 0 Å². The average Bonchev–Trinajstić information content (AvgIpc) is 3.53. The number of rotatable bonds is 20. The van der Waals surface area contributed by atoms with Crippen LogP contribution in [-0.4, -0.2) is 86.7 Å². The van der Waals surface area contributed by atoms with Crippen LogP contribution in [0.1, 0.15) is 78.7 Å². The van der Waals surface area contributed by atoms with Crippen molar-refractivity contribution in [2.24, 2.45) is 17.8 Å². The number of ether oxygens (including phenoxy) is 2. The maximum absolute atomic E-state index is 13.7. The molecule has 1 aliphatic rings. The first kappa shape index (κ1) is 38.2. The number of hydrogen-bond acceptors (Lipinski definition) is 8. The first-order chi connectivity index (χ1) is 21.6. The van der Waals surface area contributed by atoms with Gasteiger partial charge in [-0.05, 0) is 36.7 Å². The molecule has 0 bridgehead atoms. The van der Waals surface area contributed by atoms with Crippen LogP contribution in [0.15, 0.2) is 30.3 Å². The summed E-state index contributed by atoms with van der Waals surface area (Å²) >= 11 is 0. The first-order valence-corrected chi connectivity index (χ1v) is 16.5. The largest absolute Gasteiger partial charge is 0.466 e. The zero-order valence-corrected chi connectivity index (χ0v) is 28.3. The molecule has 3 N–H and O–H groups in total. The van der Waals surface area contributed by atoms with Gasteiger partial charge in [-0.1, -0.05) is 71.4 Å². The van der Waals surface area contributed by atoms with Gasteiger partial charge in [-0.15, -0.1) is 0 Å². The molecule has 7 atom stereocenters. The lowest BCUT2D eigenvalue weighted by Gasteiger charge is -2.36. The second-order valence-electron chi connectivity index (χ2n) is 12.2. The molecule has 254 valence electrons. The lowest BCUT2D eigenvalue weighted by atomic mass is 9.87. The lowest BCUT2D eigenvalue weighted by Crippen LogP contribution is -2.54. The molecule has 0 spiro atoms. The smallest absolute Gasteiger partial charge is 0.305 e. The molecular formula is C34H56N4O7. The molecule has 1 fully saturated rings. The number of likely N-dealkylation sites (tertiary alicyclic amines) is 1. The van der Waals surface area contributed by atoms with Gasteiger partial charge in [-0.2, -0.15) is 5.48 Å². The second kappa shape index (κ2) is 20.2. The van der Waals surface area contributed by atoms with Crippen molar-refractivity contribution in [1.82, 2.24) is 21.0 Å². The van der Waals surface area contributed by atoms with Crippen LogP contribution in [0.5, 0.6) is 0 Å². The maximum Gasteiger partial charge on any atom is 0.305 e. The summed E-state index contributed by atoms with van der Waals surface area (Å²) < 4.78 is 11.0. The van der Waals surface area contributed by atoms with Gasteiger partial charge in [0.2, 0.25) is 17.7 Å². The molecule has 0 unspecified atom stereocenters. The van der Waals surface area contributed by atoms with Crippen LogP contribution < -0.4 is 16.1 Å². The van der Waals surface area contributed by atoms with Crippen molar-refractivity contribution in [3.05, 3.63) is 35.9 Å². The van der Waals surface area contributed by atoms with E-state index in [0.29, 0.717) is 44.7 Å². The normalized spacial score (nSPS) is 18.7. The Kier molecular flexibility index (Phi) is 17.1. The molecular weight excluding hydrogens is 576 g/mol. The van der Waals surface area contributed by atoms with Crippen molar-refractivity contribution < 1.29 is 33.5 Å². The fourth-order valence-electron chi connectivity index (χ4n) is 6.05. The van der Waals surface area contributed by atoms with E-state index in [1.54, 1.807) is 28.1 Å². The third-order valence-corrected chi connectivity index (χ3v) is 8.89. The number of benzene rings is 1. The van der Waals surface area contributed by atoms with Gasteiger partial charge in [0.1, 0.15) is 6.04 Å². The molecule has 2 rings (SSSR count). The first-order valence-electron chi connectivity index (χ1n) is 16.5. The van der Waals surface area contributed by atoms with Crippen LogP contribution >= 0.6 is 0 Å². The summed E-state index contributed by atoms with van der Waals surface area (Å²) in [4.78, 5) is 59.0. The number of carbonyl (C=O) groups is 4. The van der Waals surface area contributed by atoms with E-state index < -0.39 is 18.1 Å². The summed E-state index contributed by atoms with van der Waals surface area (Å²) in [5, 5.41) is 5.82. The van der Waals surface area contributed by atoms with E-state index in [1.807, 2.05) is 35.2 Å². The Labute approximate surface area is 269 Å². The van der Waals surface area contributed by atoms with E-state index >= 15 is 0 Å². The molecule has 0 aromatic heterocycles. The molecule has 11 heteroatoms. The van der Waals surface area contributed by atoms with Gasteiger partial charge in [0.25, 0.3) is 0 Å². The Bertz CT molecular complexity index is 1060. The molecule has 1 aliphatic heterocycles. The highest BCUT2D eigenvalue weighted by Gasteiger charge is 2.41. The fourth-order valence-corrected chi connectivity index (χ4v) is 6.05. The summed E-state index contributed by atoms with van der Waals surface area (Å²) in [5.74, 6) is -1.12. The zero-order valence-electron chi connectivity index (χ0n) is 28.3. The third-order valence-electron chi connectivity index (χ3n) is 8.89. The standard InChI is InChI=1S/C34H56N4O7/c1-8-23(3)31(37-44-7)24(4)21-29(39)38-19-13-17-28(38)32(43-6)25(5)33(41)36-27(22-26-15-11-10-12-16-26)34(42)35-18-14-20-45-30(40)9-2/h10-12,15-16,23-25,27-28,31-32,37H,8-9,13-14,17-22H2,1-7H3,(H,35,42)(H,36,41)/t23-,24+,25+,27-,28-,31-,32+/m0/s1.